The van der Waals surface area contributed by atoms with Crippen LogP contribution in [-0.2, 0) is 14.3 Å². The van der Waals surface area contributed by atoms with Crippen LogP contribution in [0.25, 0.3) is 0 Å². The smallest absolute Gasteiger partial charge is 0.316 e. The van der Waals surface area contributed by atoms with Gasteiger partial charge in [0.25, 0.3) is 0 Å². The van der Waals surface area contributed by atoms with E-state index in [1.165, 1.54) is 0 Å². The van der Waals surface area contributed by atoms with Crippen molar-refractivity contribution in [2.75, 3.05) is 13.7 Å². The van der Waals surface area contributed by atoms with Crippen molar-refractivity contribution in [1.29, 1.82) is 0 Å². The Morgan fingerprint density at radius 1 is 1.32 bits per heavy atom. The number of carbonyl (C=O) groups is 1. The Balaban J connectivity index is 1.42. The second kappa shape index (κ2) is 5.33. The van der Waals surface area contributed by atoms with Gasteiger partial charge in [-0.1, -0.05) is 30.3 Å². The highest BCUT2D eigenvalue weighted by molar-refractivity contribution is 5.78. The van der Waals surface area contributed by atoms with Crippen LogP contribution in [0.1, 0.15) is 24.3 Å². The number of piperidine rings is 1. The molecule has 3 fully saturated rings. The fraction of sp³-hybridized carbons (Fsp3) is 0.588. The van der Waals surface area contributed by atoms with Gasteiger partial charge in [-0.25, -0.2) is 0 Å². The third-order valence-electron chi connectivity index (χ3n) is 5.33. The molecular formula is C17H21NO4. The number of likely N-dealkylation sites (N-methyl/N-ethyl adjacent to an activating group) is 1. The molecular weight excluding hydrogens is 282 g/mol. The van der Waals surface area contributed by atoms with Crippen molar-refractivity contribution < 1.29 is 19.4 Å². The molecule has 0 spiro atoms. The fourth-order valence-electron chi connectivity index (χ4n) is 4.04. The summed E-state index contributed by atoms with van der Waals surface area (Å²) in [6.07, 6.45) is 2.26. The highest BCUT2D eigenvalue weighted by atomic mass is 16.6. The molecule has 5 heteroatoms. The minimum absolute atomic E-state index is 0.0622. The quantitative estimate of drug-likeness (QED) is 0.662. The van der Waals surface area contributed by atoms with E-state index in [2.05, 4.69) is 11.9 Å². The Kier molecular flexibility index (Phi) is 3.44. The van der Waals surface area contributed by atoms with E-state index < -0.39 is 5.92 Å². The molecule has 1 aromatic rings. The number of ether oxygens (including phenoxy) is 2. The molecule has 0 aliphatic carbocycles. The molecule has 4 unspecified atom stereocenters. The summed E-state index contributed by atoms with van der Waals surface area (Å²) >= 11 is 0. The van der Waals surface area contributed by atoms with E-state index in [-0.39, 0.29) is 18.7 Å². The summed E-state index contributed by atoms with van der Waals surface area (Å²) in [5, 5.41) is 9.56. The lowest BCUT2D eigenvalue weighted by molar-refractivity contribution is -0.156. The topological polar surface area (TPSA) is 62.3 Å². The maximum Gasteiger partial charge on any atom is 0.316 e. The molecule has 1 aromatic carbocycles. The van der Waals surface area contributed by atoms with Crippen LogP contribution in [-0.4, -0.2) is 60.0 Å². The number of morpholine rings is 1. The predicted octanol–water partition coefficient (Wildman–Crippen LogP) is 0.918. The highest BCUT2D eigenvalue weighted by Crippen LogP contribution is 2.48. The van der Waals surface area contributed by atoms with Crippen LogP contribution in [0.5, 0.6) is 0 Å². The number of rotatable bonds is 4. The second-order valence-electron chi connectivity index (χ2n) is 6.54. The van der Waals surface area contributed by atoms with Crippen molar-refractivity contribution in [3.63, 3.8) is 0 Å². The molecule has 6 atom stereocenters. The molecule has 4 rings (SSSR count). The van der Waals surface area contributed by atoms with E-state index in [0.717, 1.165) is 18.4 Å². The number of aliphatic hydroxyl groups is 1. The van der Waals surface area contributed by atoms with Gasteiger partial charge in [-0.2, -0.15) is 0 Å². The zero-order chi connectivity index (χ0) is 15.3. The number of nitrogens with zero attached hydrogens (tertiary/aromatic N) is 1. The lowest BCUT2D eigenvalue weighted by Gasteiger charge is -2.38. The van der Waals surface area contributed by atoms with Crippen molar-refractivity contribution in [3.05, 3.63) is 35.9 Å². The molecule has 0 saturated carbocycles. The minimum atomic E-state index is -0.593. The van der Waals surface area contributed by atoms with Crippen LogP contribution in [0.2, 0.25) is 0 Å². The minimum Gasteiger partial charge on any atom is -0.462 e. The molecule has 0 aromatic heterocycles. The summed E-state index contributed by atoms with van der Waals surface area (Å²) in [4.78, 5) is 14.8. The van der Waals surface area contributed by atoms with E-state index >= 15 is 0 Å². The van der Waals surface area contributed by atoms with Gasteiger partial charge in [-0.3, -0.25) is 9.69 Å². The molecule has 5 nitrogen and oxygen atoms in total. The Hall–Kier alpha value is -1.43. The number of epoxide rings is 1. The van der Waals surface area contributed by atoms with Crippen molar-refractivity contribution in [2.24, 2.45) is 0 Å². The van der Waals surface area contributed by atoms with E-state index in [9.17, 15) is 9.90 Å². The van der Waals surface area contributed by atoms with Gasteiger partial charge in [0.1, 0.15) is 24.2 Å². The van der Waals surface area contributed by atoms with Gasteiger partial charge in [0, 0.05) is 24.9 Å². The Morgan fingerprint density at radius 3 is 2.55 bits per heavy atom. The molecule has 2 bridgehead atoms. The molecule has 3 saturated heterocycles. The van der Waals surface area contributed by atoms with Gasteiger partial charge in [0.15, 0.2) is 0 Å². The number of benzene rings is 1. The monoisotopic (exact) mass is 303 g/mol. The van der Waals surface area contributed by atoms with Crippen LogP contribution in [0, 0.1) is 0 Å². The van der Waals surface area contributed by atoms with Crippen molar-refractivity contribution in [2.45, 2.75) is 49.2 Å². The first-order valence-corrected chi connectivity index (χ1v) is 7.92. The first-order chi connectivity index (χ1) is 10.7. The number of hydrogen-bond donors (Lipinski definition) is 1. The molecule has 0 amide bonds. The Labute approximate surface area is 129 Å². The molecule has 0 radical (unpaired) electrons. The van der Waals surface area contributed by atoms with Crippen LogP contribution < -0.4 is 0 Å². The summed E-state index contributed by atoms with van der Waals surface area (Å²) in [6.45, 7) is -0.226. The predicted molar refractivity (Wildman–Crippen MR) is 79.4 cm³/mol. The summed E-state index contributed by atoms with van der Waals surface area (Å²) in [7, 11) is 2.13. The summed E-state index contributed by atoms with van der Waals surface area (Å²) in [6, 6.07) is 10.1. The van der Waals surface area contributed by atoms with Gasteiger partial charge in [0.2, 0.25) is 0 Å². The molecule has 3 heterocycles. The largest absolute Gasteiger partial charge is 0.462 e. The molecule has 118 valence electrons. The summed E-state index contributed by atoms with van der Waals surface area (Å²) in [5.74, 6) is -0.915. The number of aliphatic hydroxyl groups excluding tert-OH is 1. The molecule has 3 aliphatic rings. The van der Waals surface area contributed by atoms with Crippen molar-refractivity contribution in [1.82, 2.24) is 4.90 Å². The SMILES string of the molecule is CN1C2CC(OC(=O)[C@H](CO)c3ccccc3)C[C@H]1C1OC12. The summed E-state index contributed by atoms with van der Waals surface area (Å²) in [5.41, 5.74) is 0.803. The Morgan fingerprint density at radius 2 is 1.95 bits per heavy atom. The van der Waals surface area contributed by atoms with E-state index in [1.54, 1.807) is 0 Å². The maximum atomic E-state index is 12.4. The standard InChI is InChI=1S/C17H21NO4/c1-18-13-7-11(8-14(18)16-15(13)22-16)21-17(20)12(9-19)10-5-3-2-4-6-10/h2-6,11-16,19H,7-9H2,1H3/t11?,12-,13+,14?,15?,16?/m1/s1. The third-order valence-corrected chi connectivity index (χ3v) is 5.33. The molecule has 3 aliphatic heterocycles. The van der Waals surface area contributed by atoms with Gasteiger partial charge in [-0.05, 0) is 12.6 Å². The molecule has 1 N–H and O–H groups in total. The normalized spacial score (nSPS) is 37.5. The molecule has 22 heavy (non-hydrogen) atoms. The van der Waals surface area contributed by atoms with Crippen LogP contribution in [0.15, 0.2) is 30.3 Å². The third kappa shape index (κ3) is 2.24. The van der Waals surface area contributed by atoms with Crippen molar-refractivity contribution >= 4 is 5.97 Å². The average molecular weight is 303 g/mol. The first-order valence-electron chi connectivity index (χ1n) is 7.92. The van der Waals surface area contributed by atoms with E-state index in [0.29, 0.717) is 24.3 Å². The zero-order valence-corrected chi connectivity index (χ0v) is 12.6. The van der Waals surface area contributed by atoms with Gasteiger partial charge in [0.05, 0.1) is 6.61 Å². The fourth-order valence-corrected chi connectivity index (χ4v) is 4.04. The van der Waals surface area contributed by atoms with Gasteiger partial charge >= 0.3 is 5.97 Å². The number of fused-ring (bicyclic) bond motifs is 5. The van der Waals surface area contributed by atoms with E-state index in [1.807, 2.05) is 30.3 Å². The zero-order valence-electron chi connectivity index (χ0n) is 12.6. The first kappa shape index (κ1) is 14.2. The van der Waals surface area contributed by atoms with Crippen LogP contribution >= 0.6 is 0 Å². The van der Waals surface area contributed by atoms with Crippen molar-refractivity contribution in [3.8, 4) is 0 Å². The van der Waals surface area contributed by atoms with Gasteiger partial charge in [-0.15, -0.1) is 0 Å². The maximum absolute atomic E-state index is 12.4. The average Bonchev–Trinajstić information content (AvgIpc) is 3.27. The highest BCUT2D eigenvalue weighted by Gasteiger charge is 2.62. The second-order valence-corrected chi connectivity index (χ2v) is 6.54. The summed E-state index contributed by atoms with van der Waals surface area (Å²) < 4.78 is 11.4. The van der Waals surface area contributed by atoms with Gasteiger partial charge < -0.3 is 14.6 Å². The number of carbonyl (C=O) groups excluding carboxylic acids is 1. The van der Waals surface area contributed by atoms with E-state index in [4.69, 9.17) is 9.47 Å². The lowest BCUT2D eigenvalue weighted by Crippen LogP contribution is -2.48. The van der Waals surface area contributed by atoms with Crippen LogP contribution in [0.3, 0.4) is 0 Å². The lowest BCUT2D eigenvalue weighted by atomic mass is 9.97. The number of hydrogen-bond acceptors (Lipinski definition) is 5. The van der Waals surface area contributed by atoms with Crippen LogP contribution in [0.4, 0.5) is 0 Å². The number of esters is 1. The Bertz CT molecular complexity index is 545.